The Kier molecular flexibility index (Phi) is 7.68. The summed E-state index contributed by atoms with van der Waals surface area (Å²) >= 11 is 4.14. The van der Waals surface area contributed by atoms with Crippen LogP contribution in [0, 0.1) is 6.92 Å². The number of nitrogens with one attached hydrogen (secondary N) is 2. The highest BCUT2D eigenvalue weighted by Crippen LogP contribution is 2.23. The molecule has 0 fully saturated rings. The first-order valence-corrected chi connectivity index (χ1v) is 11.7. The van der Waals surface area contributed by atoms with Gasteiger partial charge in [0.15, 0.2) is 0 Å². The summed E-state index contributed by atoms with van der Waals surface area (Å²) in [6.07, 6.45) is 0. The summed E-state index contributed by atoms with van der Waals surface area (Å²) in [5.74, 6) is 0.892. The molecule has 0 bridgehead atoms. The molecule has 0 radical (unpaired) electrons. The second-order valence-corrected chi connectivity index (χ2v) is 8.98. The van der Waals surface area contributed by atoms with Crippen molar-refractivity contribution < 1.29 is 9.59 Å². The molecular formula is C20H20N4O2S3. The summed E-state index contributed by atoms with van der Waals surface area (Å²) in [5, 5.41) is 6.86. The first-order valence-electron chi connectivity index (χ1n) is 8.91. The number of carbonyl (C=O) groups excluding carboxylic acids is 2. The molecule has 0 unspecified atom stereocenters. The van der Waals surface area contributed by atoms with Gasteiger partial charge in [-0.15, -0.1) is 11.8 Å². The number of benzene rings is 2. The summed E-state index contributed by atoms with van der Waals surface area (Å²) in [7, 11) is 0. The Labute approximate surface area is 182 Å². The molecule has 0 aliphatic carbocycles. The van der Waals surface area contributed by atoms with Crippen LogP contribution in [0.3, 0.4) is 0 Å². The molecule has 0 saturated heterocycles. The van der Waals surface area contributed by atoms with Gasteiger partial charge in [-0.2, -0.15) is 9.36 Å². The molecule has 29 heavy (non-hydrogen) atoms. The lowest BCUT2D eigenvalue weighted by Gasteiger charge is -2.08. The van der Waals surface area contributed by atoms with E-state index in [0.29, 0.717) is 21.5 Å². The van der Waals surface area contributed by atoms with Crippen molar-refractivity contribution in [3.8, 4) is 0 Å². The summed E-state index contributed by atoms with van der Waals surface area (Å²) in [6.45, 7) is 3.94. The van der Waals surface area contributed by atoms with E-state index in [0.717, 1.165) is 16.2 Å². The van der Waals surface area contributed by atoms with Gasteiger partial charge in [0, 0.05) is 27.7 Å². The van der Waals surface area contributed by atoms with Crippen molar-refractivity contribution in [1.29, 1.82) is 0 Å². The average molecular weight is 445 g/mol. The molecule has 3 aromatic rings. The van der Waals surface area contributed by atoms with Gasteiger partial charge < -0.3 is 5.32 Å². The van der Waals surface area contributed by atoms with E-state index in [2.05, 4.69) is 20.0 Å². The van der Waals surface area contributed by atoms with Crippen molar-refractivity contribution in [2.45, 2.75) is 23.9 Å². The van der Waals surface area contributed by atoms with E-state index in [4.69, 9.17) is 0 Å². The lowest BCUT2D eigenvalue weighted by Crippen LogP contribution is -2.14. The van der Waals surface area contributed by atoms with Crippen LogP contribution in [0.4, 0.5) is 10.8 Å². The number of thioether (sulfide) groups is 2. The molecule has 150 valence electrons. The molecule has 3 rings (SSSR count). The molecule has 1 aromatic heterocycles. The molecule has 0 atom stereocenters. The Morgan fingerprint density at radius 1 is 1.03 bits per heavy atom. The van der Waals surface area contributed by atoms with Crippen LogP contribution in [0.1, 0.15) is 22.8 Å². The fraction of sp³-hybridized carbons (Fsp3) is 0.200. The Morgan fingerprint density at radius 3 is 2.52 bits per heavy atom. The predicted molar refractivity (Wildman–Crippen MR) is 121 cm³/mol. The molecule has 0 spiro atoms. The largest absolute Gasteiger partial charge is 0.322 e. The molecular weight excluding hydrogens is 424 g/mol. The molecule has 0 saturated carbocycles. The minimum Gasteiger partial charge on any atom is -0.322 e. The number of rotatable bonds is 8. The minimum atomic E-state index is -0.138. The van der Waals surface area contributed by atoms with Crippen LogP contribution in [0.15, 0.2) is 58.6 Å². The summed E-state index contributed by atoms with van der Waals surface area (Å²) in [5.41, 5.74) is 2.29. The third kappa shape index (κ3) is 6.31. The number of nitrogens with zero attached hydrogens (tertiary/aromatic N) is 2. The Morgan fingerprint density at radius 2 is 1.79 bits per heavy atom. The lowest BCUT2D eigenvalue weighted by atomic mass is 10.1. The number of aryl methyl sites for hydroxylation is 1. The summed E-state index contributed by atoms with van der Waals surface area (Å²) < 4.78 is 4.18. The monoisotopic (exact) mass is 444 g/mol. The average Bonchev–Trinajstić information content (AvgIpc) is 3.15. The van der Waals surface area contributed by atoms with E-state index in [9.17, 15) is 9.59 Å². The van der Waals surface area contributed by atoms with Crippen molar-refractivity contribution in [2.24, 2.45) is 0 Å². The standard InChI is InChI=1S/C20H20N4O2S3/c1-3-27-20-23-19(29-24-20)22-17(25)12-28-15-10-8-14(9-11-15)21-18(26)16-7-5-4-6-13(16)2/h4-11H,3,12H2,1-2H3,(H,21,26)(H,22,23,24,25). The lowest BCUT2D eigenvalue weighted by molar-refractivity contribution is -0.113. The van der Waals surface area contributed by atoms with Crippen LogP contribution in [0.5, 0.6) is 0 Å². The second-order valence-electron chi connectivity index (χ2n) is 5.95. The zero-order valence-electron chi connectivity index (χ0n) is 16.0. The smallest absolute Gasteiger partial charge is 0.255 e. The third-order valence-corrected chi connectivity index (χ3v) is 6.29. The highest BCUT2D eigenvalue weighted by Gasteiger charge is 2.10. The fourth-order valence-corrected chi connectivity index (χ4v) is 4.40. The maximum absolute atomic E-state index is 12.4. The summed E-state index contributed by atoms with van der Waals surface area (Å²) in [4.78, 5) is 29.7. The zero-order valence-corrected chi connectivity index (χ0v) is 18.4. The highest BCUT2D eigenvalue weighted by atomic mass is 32.2. The van der Waals surface area contributed by atoms with Gasteiger partial charge in [0.25, 0.3) is 5.91 Å². The quantitative estimate of drug-likeness (QED) is 0.479. The Bertz CT molecular complexity index is 989. The van der Waals surface area contributed by atoms with Crippen molar-refractivity contribution >= 4 is 57.7 Å². The van der Waals surface area contributed by atoms with E-state index < -0.39 is 0 Å². The minimum absolute atomic E-state index is 0.129. The molecule has 6 nitrogen and oxygen atoms in total. The number of aromatic nitrogens is 2. The van der Waals surface area contributed by atoms with Crippen molar-refractivity contribution in [3.05, 3.63) is 59.7 Å². The van der Waals surface area contributed by atoms with E-state index in [1.165, 1.54) is 35.1 Å². The molecule has 2 N–H and O–H groups in total. The molecule has 1 heterocycles. The molecule has 2 aromatic carbocycles. The number of amides is 2. The fourth-order valence-electron chi connectivity index (χ4n) is 2.41. The van der Waals surface area contributed by atoms with Gasteiger partial charge in [-0.1, -0.05) is 36.9 Å². The maximum atomic E-state index is 12.4. The van der Waals surface area contributed by atoms with E-state index in [1.54, 1.807) is 6.07 Å². The third-order valence-electron chi connectivity index (χ3n) is 3.80. The molecule has 9 heteroatoms. The van der Waals surface area contributed by atoms with E-state index in [-0.39, 0.29) is 17.6 Å². The van der Waals surface area contributed by atoms with Gasteiger partial charge in [-0.3, -0.25) is 14.9 Å². The number of hydrogen-bond donors (Lipinski definition) is 2. The van der Waals surface area contributed by atoms with E-state index >= 15 is 0 Å². The van der Waals surface area contributed by atoms with Gasteiger partial charge in [0.05, 0.1) is 5.75 Å². The number of carbonyl (C=O) groups is 2. The number of anilines is 2. The second kappa shape index (κ2) is 10.4. The normalized spacial score (nSPS) is 10.6. The van der Waals surface area contributed by atoms with Gasteiger partial charge in [0.2, 0.25) is 16.2 Å². The molecule has 0 aliphatic heterocycles. The predicted octanol–water partition coefficient (Wildman–Crippen LogP) is 4.94. The maximum Gasteiger partial charge on any atom is 0.255 e. The van der Waals surface area contributed by atoms with Crippen LogP contribution in [0.2, 0.25) is 0 Å². The van der Waals surface area contributed by atoms with Crippen LogP contribution in [-0.2, 0) is 4.79 Å². The Balaban J connectivity index is 1.49. The van der Waals surface area contributed by atoms with Crippen molar-refractivity contribution in [3.63, 3.8) is 0 Å². The zero-order chi connectivity index (χ0) is 20.6. The topological polar surface area (TPSA) is 84.0 Å². The van der Waals surface area contributed by atoms with Gasteiger partial charge in [-0.25, -0.2) is 0 Å². The SMILES string of the molecule is CCSc1nsc(NC(=O)CSc2ccc(NC(=O)c3ccccc3C)cc2)n1. The van der Waals surface area contributed by atoms with Gasteiger partial charge in [0.1, 0.15) is 0 Å². The first kappa shape index (κ1) is 21.4. The first-order chi connectivity index (χ1) is 14.0. The Hall–Kier alpha value is -2.36. The van der Waals surface area contributed by atoms with Gasteiger partial charge >= 0.3 is 0 Å². The number of hydrogen-bond acceptors (Lipinski definition) is 7. The summed E-state index contributed by atoms with van der Waals surface area (Å²) in [6, 6.07) is 14.9. The van der Waals surface area contributed by atoms with E-state index in [1.807, 2.05) is 56.3 Å². The van der Waals surface area contributed by atoms with Crippen LogP contribution in [0.25, 0.3) is 0 Å². The van der Waals surface area contributed by atoms with Crippen LogP contribution < -0.4 is 10.6 Å². The van der Waals surface area contributed by atoms with Gasteiger partial charge in [-0.05, 0) is 48.6 Å². The van der Waals surface area contributed by atoms with Crippen LogP contribution in [-0.4, -0.2) is 32.7 Å². The van der Waals surface area contributed by atoms with Crippen molar-refractivity contribution in [2.75, 3.05) is 22.1 Å². The molecule has 0 aliphatic rings. The highest BCUT2D eigenvalue weighted by molar-refractivity contribution is 8.00. The molecule has 2 amide bonds. The van der Waals surface area contributed by atoms with Crippen molar-refractivity contribution in [1.82, 2.24) is 9.36 Å². The van der Waals surface area contributed by atoms with Crippen LogP contribution >= 0.6 is 35.1 Å².